The van der Waals surface area contributed by atoms with Crippen molar-refractivity contribution in [2.24, 2.45) is 5.92 Å². The third-order valence-corrected chi connectivity index (χ3v) is 5.50. The number of hydrogen-bond donors (Lipinski definition) is 1. The number of carbonyl (C=O) groups is 2. The number of likely N-dealkylation sites (N-methyl/N-ethyl adjacent to an activating group) is 1. The highest BCUT2D eigenvalue weighted by Crippen LogP contribution is 2.31. The largest absolute Gasteiger partial charge is 0.342 e. The molecule has 0 unspecified atom stereocenters. The van der Waals surface area contributed by atoms with Crippen molar-refractivity contribution in [2.75, 3.05) is 20.6 Å². The van der Waals surface area contributed by atoms with Crippen LogP contribution in [0.25, 0.3) is 0 Å². The van der Waals surface area contributed by atoms with Crippen molar-refractivity contribution < 1.29 is 9.59 Å². The zero-order valence-electron chi connectivity index (χ0n) is 13.2. The standard InChI is InChI=1S/C16H27N3O2/c1-18(2)12-9-14-15(20)17-13(16(21)19(14)10-12)8-11-6-4-3-5-7-11/h11-14H,3-10H2,1-2H3,(H,17,20)/t12-,13+,14+/m1/s1. The van der Waals surface area contributed by atoms with Gasteiger partial charge < -0.3 is 15.1 Å². The number of fused-ring (bicyclic) bond motifs is 1. The van der Waals surface area contributed by atoms with Crippen LogP contribution in [0.3, 0.4) is 0 Å². The first-order chi connectivity index (χ1) is 10.1. The summed E-state index contributed by atoms with van der Waals surface area (Å²) in [5.74, 6) is 0.811. The third-order valence-electron chi connectivity index (χ3n) is 5.50. The molecule has 0 spiro atoms. The van der Waals surface area contributed by atoms with E-state index in [4.69, 9.17) is 0 Å². The molecular formula is C16H27N3O2. The fourth-order valence-electron chi connectivity index (χ4n) is 4.13. The summed E-state index contributed by atoms with van der Waals surface area (Å²) in [5, 5.41) is 3.00. The highest BCUT2D eigenvalue weighted by molar-refractivity contribution is 5.97. The van der Waals surface area contributed by atoms with Gasteiger partial charge in [0.25, 0.3) is 0 Å². The molecule has 1 saturated carbocycles. The molecule has 0 aromatic heterocycles. The summed E-state index contributed by atoms with van der Waals surface area (Å²) in [6.45, 7) is 0.699. The van der Waals surface area contributed by atoms with E-state index in [0.717, 1.165) is 12.8 Å². The van der Waals surface area contributed by atoms with Crippen LogP contribution in [0.4, 0.5) is 0 Å². The minimum atomic E-state index is -0.280. The molecule has 0 aromatic carbocycles. The van der Waals surface area contributed by atoms with Gasteiger partial charge >= 0.3 is 0 Å². The molecule has 3 fully saturated rings. The SMILES string of the molecule is CN(C)[C@@H]1C[C@H]2C(=O)N[C@@H](CC3CCCCC3)C(=O)N2C1. The Morgan fingerprint density at radius 2 is 1.90 bits per heavy atom. The van der Waals surface area contributed by atoms with E-state index in [1.807, 2.05) is 19.0 Å². The zero-order chi connectivity index (χ0) is 15.0. The van der Waals surface area contributed by atoms with E-state index in [2.05, 4.69) is 10.2 Å². The van der Waals surface area contributed by atoms with Gasteiger partial charge in [0.05, 0.1) is 0 Å². The number of hydrogen-bond acceptors (Lipinski definition) is 3. The quantitative estimate of drug-likeness (QED) is 0.844. The fourth-order valence-corrected chi connectivity index (χ4v) is 4.13. The minimum absolute atomic E-state index is 0.0553. The number of nitrogens with one attached hydrogen (secondary N) is 1. The first-order valence-electron chi connectivity index (χ1n) is 8.33. The van der Waals surface area contributed by atoms with Crippen molar-refractivity contribution in [3.05, 3.63) is 0 Å². The maximum atomic E-state index is 12.7. The van der Waals surface area contributed by atoms with E-state index < -0.39 is 0 Å². The third kappa shape index (κ3) is 2.93. The summed E-state index contributed by atoms with van der Waals surface area (Å²) in [6, 6.07) is -0.219. The summed E-state index contributed by atoms with van der Waals surface area (Å²) in [6.07, 6.45) is 7.89. The van der Waals surface area contributed by atoms with Gasteiger partial charge in [0.15, 0.2) is 0 Å². The molecule has 2 aliphatic heterocycles. The normalized spacial score (nSPS) is 34.2. The average Bonchev–Trinajstić information content (AvgIpc) is 2.92. The van der Waals surface area contributed by atoms with Gasteiger partial charge in [-0.15, -0.1) is 0 Å². The maximum Gasteiger partial charge on any atom is 0.245 e. The number of nitrogens with zero attached hydrogens (tertiary/aromatic N) is 2. The van der Waals surface area contributed by atoms with Crippen molar-refractivity contribution >= 4 is 11.8 Å². The zero-order valence-corrected chi connectivity index (χ0v) is 13.2. The van der Waals surface area contributed by atoms with Crippen LogP contribution < -0.4 is 5.32 Å². The monoisotopic (exact) mass is 293 g/mol. The number of carbonyl (C=O) groups excluding carboxylic acids is 2. The van der Waals surface area contributed by atoms with Gasteiger partial charge in [0.2, 0.25) is 11.8 Å². The molecule has 118 valence electrons. The predicted molar refractivity (Wildman–Crippen MR) is 80.7 cm³/mol. The molecule has 3 aliphatic rings. The van der Waals surface area contributed by atoms with Gasteiger partial charge in [-0.05, 0) is 32.9 Å². The van der Waals surface area contributed by atoms with Crippen LogP contribution in [0.2, 0.25) is 0 Å². The van der Waals surface area contributed by atoms with E-state index >= 15 is 0 Å². The van der Waals surface area contributed by atoms with E-state index in [-0.39, 0.29) is 23.9 Å². The molecule has 2 saturated heterocycles. The second-order valence-corrected chi connectivity index (χ2v) is 7.16. The van der Waals surface area contributed by atoms with Gasteiger partial charge in [0.1, 0.15) is 12.1 Å². The van der Waals surface area contributed by atoms with Crippen LogP contribution in [0.15, 0.2) is 0 Å². The molecule has 5 nitrogen and oxygen atoms in total. The second-order valence-electron chi connectivity index (χ2n) is 7.16. The molecule has 21 heavy (non-hydrogen) atoms. The number of piperazine rings is 1. The highest BCUT2D eigenvalue weighted by atomic mass is 16.2. The molecule has 5 heteroatoms. The predicted octanol–water partition coefficient (Wildman–Crippen LogP) is 0.986. The Kier molecular flexibility index (Phi) is 4.20. The van der Waals surface area contributed by atoms with Gasteiger partial charge in [-0.1, -0.05) is 32.1 Å². The first kappa shape index (κ1) is 14.8. The van der Waals surface area contributed by atoms with Crippen LogP contribution in [0.5, 0.6) is 0 Å². The molecule has 2 amide bonds. The lowest BCUT2D eigenvalue weighted by Crippen LogP contribution is -2.61. The van der Waals surface area contributed by atoms with Crippen molar-refractivity contribution in [1.29, 1.82) is 0 Å². The van der Waals surface area contributed by atoms with Gasteiger partial charge in [-0.3, -0.25) is 9.59 Å². The lowest BCUT2D eigenvalue weighted by Gasteiger charge is -2.36. The molecule has 1 aliphatic carbocycles. The van der Waals surface area contributed by atoms with E-state index in [1.54, 1.807) is 0 Å². The Balaban J connectivity index is 1.66. The molecule has 0 aromatic rings. The molecule has 0 radical (unpaired) electrons. The van der Waals surface area contributed by atoms with Crippen LogP contribution in [-0.2, 0) is 9.59 Å². The average molecular weight is 293 g/mol. The first-order valence-corrected chi connectivity index (χ1v) is 8.33. The molecule has 3 atom stereocenters. The van der Waals surface area contributed by atoms with Crippen LogP contribution in [0, 0.1) is 5.92 Å². The molecular weight excluding hydrogens is 266 g/mol. The maximum absolute atomic E-state index is 12.7. The number of amides is 2. The van der Waals surface area contributed by atoms with Gasteiger partial charge in [-0.2, -0.15) is 0 Å². The Labute approximate surface area is 127 Å². The Hall–Kier alpha value is -1.10. The minimum Gasteiger partial charge on any atom is -0.342 e. The lowest BCUT2D eigenvalue weighted by molar-refractivity contribution is -0.147. The summed E-state index contributed by atoms with van der Waals surface area (Å²) in [4.78, 5) is 29.0. The van der Waals surface area contributed by atoms with E-state index in [0.29, 0.717) is 18.5 Å². The van der Waals surface area contributed by atoms with Crippen molar-refractivity contribution in [2.45, 2.75) is 63.1 Å². The summed E-state index contributed by atoms with van der Waals surface area (Å²) in [7, 11) is 4.04. The van der Waals surface area contributed by atoms with Crippen LogP contribution in [0.1, 0.15) is 44.9 Å². The Bertz CT molecular complexity index is 418. The van der Waals surface area contributed by atoms with Crippen LogP contribution in [-0.4, -0.2) is 60.4 Å². The van der Waals surface area contributed by atoms with Crippen molar-refractivity contribution in [3.8, 4) is 0 Å². The van der Waals surface area contributed by atoms with E-state index in [9.17, 15) is 9.59 Å². The molecule has 2 heterocycles. The smallest absolute Gasteiger partial charge is 0.245 e. The molecule has 0 bridgehead atoms. The summed E-state index contributed by atoms with van der Waals surface area (Å²) >= 11 is 0. The molecule has 3 rings (SSSR count). The van der Waals surface area contributed by atoms with Crippen molar-refractivity contribution in [1.82, 2.24) is 15.1 Å². The second kappa shape index (κ2) is 5.95. The fraction of sp³-hybridized carbons (Fsp3) is 0.875. The molecule has 1 N–H and O–H groups in total. The van der Waals surface area contributed by atoms with Gasteiger partial charge in [-0.25, -0.2) is 0 Å². The highest BCUT2D eigenvalue weighted by Gasteiger charge is 2.47. The lowest BCUT2D eigenvalue weighted by atomic mass is 9.84. The topological polar surface area (TPSA) is 52.7 Å². The Morgan fingerprint density at radius 3 is 2.57 bits per heavy atom. The Morgan fingerprint density at radius 1 is 1.19 bits per heavy atom. The van der Waals surface area contributed by atoms with Crippen molar-refractivity contribution in [3.63, 3.8) is 0 Å². The van der Waals surface area contributed by atoms with Gasteiger partial charge in [0, 0.05) is 12.6 Å². The van der Waals surface area contributed by atoms with E-state index in [1.165, 1.54) is 32.1 Å². The summed E-state index contributed by atoms with van der Waals surface area (Å²) < 4.78 is 0. The number of rotatable bonds is 3. The van der Waals surface area contributed by atoms with Crippen LogP contribution >= 0.6 is 0 Å². The summed E-state index contributed by atoms with van der Waals surface area (Å²) in [5.41, 5.74) is 0.